The van der Waals surface area contributed by atoms with Crippen LogP contribution in [0.4, 0.5) is 21.0 Å². The molecule has 3 nitrogen and oxygen atoms in total. The standard InChI is InChI=1S/C8H9F5N3P3/c9-17(7-6-8-4-2-1-3-5-8)14-18(10,11)16-19(12,13)15-17/h1-5H,6-7H2. The van der Waals surface area contributed by atoms with Crippen LogP contribution >= 0.6 is 23.2 Å². The highest BCUT2D eigenvalue weighted by Gasteiger charge is 2.38. The number of benzene rings is 1. The molecule has 0 fully saturated rings. The quantitative estimate of drug-likeness (QED) is 0.421. The van der Waals surface area contributed by atoms with Crippen LogP contribution in [-0.4, -0.2) is 6.16 Å². The second-order valence-electron chi connectivity index (χ2n) is 3.78. The first kappa shape index (κ1) is 15.0. The first-order chi connectivity index (χ1) is 8.70. The van der Waals surface area contributed by atoms with Gasteiger partial charge in [0.1, 0.15) is 0 Å². The molecule has 1 atom stereocenters. The smallest absolute Gasteiger partial charge is 0.183 e. The van der Waals surface area contributed by atoms with Crippen LogP contribution < -0.4 is 0 Å². The molecule has 0 aliphatic carbocycles. The Morgan fingerprint density at radius 1 is 0.789 bits per heavy atom. The van der Waals surface area contributed by atoms with Crippen LogP contribution in [0.25, 0.3) is 0 Å². The Kier molecular flexibility index (Phi) is 4.06. The summed E-state index contributed by atoms with van der Waals surface area (Å²) in [4.78, 5) is 0. The van der Waals surface area contributed by atoms with Crippen molar-refractivity contribution in [1.29, 1.82) is 0 Å². The topological polar surface area (TPSA) is 37.1 Å². The molecule has 1 aromatic carbocycles. The minimum absolute atomic E-state index is 0.0398. The van der Waals surface area contributed by atoms with Crippen molar-refractivity contribution in [2.24, 2.45) is 13.5 Å². The van der Waals surface area contributed by atoms with Gasteiger partial charge >= 0.3 is 15.7 Å². The van der Waals surface area contributed by atoms with E-state index in [0.29, 0.717) is 5.56 Å². The predicted molar refractivity (Wildman–Crippen MR) is 68.6 cm³/mol. The van der Waals surface area contributed by atoms with E-state index >= 15 is 0 Å². The molecular formula is C8H9F5N3P3. The molecule has 1 heterocycles. The molecule has 11 heteroatoms. The van der Waals surface area contributed by atoms with Gasteiger partial charge in [-0.25, -0.2) is 0 Å². The Morgan fingerprint density at radius 3 is 1.95 bits per heavy atom. The van der Waals surface area contributed by atoms with Gasteiger partial charge in [-0.05, 0) is 12.0 Å². The summed E-state index contributed by atoms with van der Waals surface area (Å²) in [6.07, 6.45) is -0.490. The van der Waals surface area contributed by atoms with Crippen molar-refractivity contribution in [3.05, 3.63) is 35.9 Å². The highest BCUT2D eigenvalue weighted by Crippen LogP contribution is 2.81. The monoisotopic (exact) mass is 335 g/mol. The number of nitrogens with zero attached hydrogens (tertiary/aromatic N) is 3. The van der Waals surface area contributed by atoms with Gasteiger partial charge in [0.15, 0.2) is 0 Å². The molecule has 0 bridgehead atoms. The van der Waals surface area contributed by atoms with Crippen molar-refractivity contribution in [3.8, 4) is 0 Å². The largest absolute Gasteiger partial charge is 0.423 e. The van der Waals surface area contributed by atoms with Crippen molar-refractivity contribution >= 4 is 23.2 Å². The molecule has 2 rings (SSSR count). The molecule has 0 spiro atoms. The van der Waals surface area contributed by atoms with Crippen LogP contribution in [0.2, 0.25) is 0 Å². The average molecular weight is 335 g/mol. The fourth-order valence-corrected chi connectivity index (χ4v) is 7.85. The van der Waals surface area contributed by atoms with Gasteiger partial charge in [0.05, 0.1) is 0 Å². The van der Waals surface area contributed by atoms with E-state index in [-0.39, 0.29) is 6.42 Å². The molecule has 19 heavy (non-hydrogen) atoms. The number of aryl methyl sites for hydroxylation is 1. The molecule has 106 valence electrons. The Bertz CT molecular complexity index is 625. The minimum Gasteiger partial charge on any atom is -0.183 e. The normalized spacial score (nSPS) is 27.8. The SMILES string of the molecule is FP1(F)=NP(F)(F)=NP(F)(CCc2ccccc2)=N1. The summed E-state index contributed by atoms with van der Waals surface area (Å²) >= 11 is 0. The van der Waals surface area contributed by atoms with Crippen LogP contribution in [0.1, 0.15) is 5.56 Å². The van der Waals surface area contributed by atoms with Gasteiger partial charge in [0.25, 0.3) is 7.52 Å². The lowest BCUT2D eigenvalue weighted by atomic mass is 10.2. The molecule has 0 aromatic heterocycles. The van der Waals surface area contributed by atoms with Crippen LogP contribution in [0.15, 0.2) is 43.9 Å². The Hall–Kier alpha value is -0.440. The van der Waals surface area contributed by atoms with Gasteiger partial charge in [-0.2, -0.15) is 13.2 Å². The fourth-order valence-electron chi connectivity index (χ4n) is 1.52. The summed E-state index contributed by atoms with van der Waals surface area (Å²) in [5.41, 5.74) is 0.663. The maximum atomic E-state index is 14.1. The Balaban J connectivity index is 2.27. The third kappa shape index (κ3) is 4.27. The second-order valence-corrected chi connectivity index (χ2v) is 9.48. The van der Waals surface area contributed by atoms with E-state index in [4.69, 9.17) is 0 Å². The first-order valence-corrected chi connectivity index (χ1v) is 9.85. The summed E-state index contributed by atoms with van der Waals surface area (Å²) in [6.45, 7) is 0. The zero-order valence-corrected chi connectivity index (χ0v) is 12.1. The lowest BCUT2D eigenvalue weighted by Gasteiger charge is -2.16. The molecule has 1 aromatic rings. The summed E-state index contributed by atoms with van der Waals surface area (Å²) < 4.78 is 73.2. The molecule has 0 N–H and O–H groups in total. The molecule has 0 saturated heterocycles. The molecule has 0 amide bonds. The summed E-state index contributed by atoms with van der Waals surface area (Å²) in [5, 5.41) is 0. The molecule has 1 aliphatic heterocycles. The third-order valence-electron chi connectivity index (χ3n) is 2.23. The first-order valence-electron chi connectivity index (χ1n) is 5.13. The van der Waals surface area contributed by atoms with Crippen LogP contribution in [-0.2, 0) is 6.42 Å². The van der Waals surface area contributed by atoms with E-state index in [9.17, 15) is 21.0 Å². The zero-order valence-electron chi connectivity index (χ0n) is 9.37. The lowest BCUT2D eigenvalue weighted by molar-refractivity contribution is 0.696. The average Bonchev–Trinajstić information content (AvgIpc) is 2.23. The van der Waals surface area contributed by atoms with Crippen LogP contribution in [0, 0.1) is 0 Å². The number of halogens is 5. The van der Waals surface area contributed by atoms with Crippen molar-refractivity contribution in [1.82, 2.24) is 0 Å². The number of hydrogen-bond donors (Lipinski definition) is 0. The maximum absolute atomic E-state index is 14.1. The number of hydrogen-bond acceptors (Lipinski definition) is 3. The predicted octanol–water partition coefficient (Wildman–Crippen LogP) is 7.01. The minimum atomic E-state index is -5.57. The van der Waals surface area contributed by atoms with E-state index in [1.807, 2.05) is 4.52 Å². The third-order valence-corrected chi connectivity index (χ3v) is 8.66. The summed E-state index contributed by atoms with van der Waals surface area (Å²) in [6, 6.07) is 8.42. The lowest BCUT2D eigenvalue weighted by Crippen LogP contribution is -1.91. The van der Waals surface area contributed by atoms with E-state index < -0.39 is 29.3 Å². The van der Waals surface area contributed by atoms with Crippen LogP contribution in [0.5, 0.6) is 0 Å². The van der Waals surface area contributed by atoms with Gasteiger partial charge in [-0.1, -0.05) is 30.3 Å². The second kappa shape index (κ2) is 5.16. The van der Waals surface area contributed by atoms with Gasteiger partial charge in [-0.3, -0.25) is 0 Å². The van der Waals surface area contributed by atoms with Crippen molar-refractivity contribution in [2.45, 2.75) is 6.42 Å². The molecule has 0 saturated carbocycles. The zero-order chi connectivity index (χ0) is 14.1. The highest BCUT2D eigenvalue weighted by atomic mass is 31.3. The fraction of sp³-hybridized carbons (Fsp3) is 0.250. The molecule has 0 radical (unpaired) electrons. The Morgan fingerprint density at radius 2 is 1.37 bits per heavy atom. The van der Waals surface area contributed by atoms with Gasteiger partial charge in [0.2, 0.25) is 0 Å². The van der Waals surface area contributed by atoms with Crippen molar-refractivity contribution in [3.63, 3.8) is 0 Å². The van der Waals surface area contributed by atoms with Gasteiger partial charge < -0.3 is 0 Å². The summed E-state index contributed by atoms with van der Waals surface area (Å²) in [7, 11) is -15.7. The van der Waals surface area contributed by atoms with Crippen molar-refractivity contribution in [2.75, 3.05) is 6.16 Å². The summed E-state index contributed by atoms with van der Waals surface area (Å²) in [5.74, 6) is 0. The highest BCUT2D eigenvalue weighted by molar-refractivity contribution is 7.79. The molecule has 1 aliphatic rings. The van der Waals surface area contributed by atoms with Gasteiger partial charge in [0, 0.05) is 6.16 Å². The molecular weight excluding hydrogens is 326 g/mol. The van der Waals surface area contributed by atoms with Crippen LogP contribution in [0.3, 0.4) is 0 Å². The number of rotatable bonds is 3. The van der Waals surface area contributed by atoms with E-state index in [0.717, 1.165) is 0 Å². The van der Waals surface area contributed by atoms with E-state index in [1.54, 1.807) is 30.3 Å². The van der Waals surface area contributed by atoms with E-state index in [2.05, 4.69) is 9.03 Å². The van der Waals surface area contributed by atoms with E-state index in [1.165, 1.54) is 0 Å². The molecule has 1 unspecified atom stereocenters. The maximum Gasteiger partial charge on any atom is 0.423 e. The van der Waals surface area contributed by atoms with Gasteiger partial charge in [-0.15, -0.1) is 21.3 Å². The van der Waals surface area contributed by atoms with Crippen molar-refractivity contribution < 1.29 is 21.0 Å². The Labute approximate surface area is 107 Å².